The Morgan fingerprint density at radius 3 is 0.600 bits per heavy atom. The summed E-state index contributed by atoms with van der Waals surface area (Å²) in [6, 6.07) is 0. The van der Waals surface area contributed by atoms with Crippen molar-refractivity contribution in [2.24, 2.45) is 5.73 Å². The van der Waals surface area contributed by atoms with Crippen molar-refractivity contribution in [1.82, 2.24) is 5.32 Å². The number of hydrogen-bond acceptors (Lipinski definition) is 21. The molecule has 0 saturated heterocycles. The van der Waals surface area contributed by atoms with Crippen molar-refractivity contribution in [1.29, 1.82) is 0 Å². The molecule has 0 aromatic carbocycles. The fourth-order valence-corrected chi connectivity index (χ4v) is 4.46. The molecule has 0 rings (SSSR count). The van der Waals surface area contributed by atoms with E-state index in [-0.39, 0.29) is 0 Å². The predicted octanol–water partition coefficient (Wildman–Crippen LogP) is 0.769. The van der Waals surface area contributed by atoms with Crippen LogP contribution < -0.4 is 11.1 Å². The second kappa shape index (κ2) is 55.1. The third-order valence-corrected chi connectivity index (χ3v) is 7.50. The standard InChI is InChI=1S/C43H88N2O20/c1-43(2,3)65-42(46)45-5-7-48-9-11-50-13-15-52-17-19-54-21-23-56-25-27-58-29-31-60-33-35-62-37-39-64-41-40-63-38-36-61-34-32-59-30-28-57-26-24-55-22-20-53-18-16-51-14-12-49-10-8-47-6-4-44/h4-41,44H2,1-3H3,(H,45,46). The van der Waals surface area contributed by atoms with E-state index in [4.69, 9.17) is 95.7 Å². The molecule has 0 aromatic rings. The van der Waals surface area contributed by atoms with E-state index in [1.54, 1.807) is 0 Å². The second-order valence-electron chi connectivity index (χ2n) is 14.2. The molecule has 0 fully saturated rings. The van der Waals surface area contributed by atoms with Gasteiger partial charge in [0.25, 0.3) is 0 Å². The van der Waals surface area contributed by atoms with Gasteiger partial charge in [0.05, 0.1) is 238 Å². The molecule has 22 heteroatoms. The van der Waals surface area contributed by atoms with Gasteiger partial charge in [0, 0.05) is 13.1 Å². The maximum absolute atomic E-state index is 11.5. The van der Waals surface area contributed by atoms with Gasteiger partial charge in [-0.05, 0) is 20.8 Å². The summed E-state index contributed by atoms with van der Waals surface area (Å²) in [6.07, 6.45) is -0.457. The molecule has 0 aromatic heterocycles. The number of hydrogen-bond donors (Lipinski definition) is 2. The van der Waals surface area contributed by atoms with E-state index in [1.165, 1.54) is 0 Å². The van der Waals surface area contributed by atoms with Gasteiger partial charge in [-0.3, -0.25) is 0 Å². The Morgan fingerprint density at radius 2 is 0.446 bits per heavy atom. The lowest BCUT2D eigenvalue weighted by molar-refractivity contribution is -0.0309. The molecule has 390 valence electrons. The molecule has 3 N–H and O–H groups in total. The van der Waals surface area contributed by atoms with Crippen LogP contribution in [0.2, 0.25) is 0 Å². The maximum atomic E-state index is 11.5. The van der Waals surface area contributed by atoms with Crippen LogP contribution in [0.25, 0.3) is 0 Å². The largest absolute Gasteiger partial charge is 0.444 e. The average Bonchev–Trinajstić information content (AvgIpc) is 3.28. The van der Waals surface area contributed by atoms with E-state index in [9.17, 15) is 4.79 Å². The number of ether oxygens (including phenoxy) is 19. The van der Waals surface area contributed by atoms with Gasteiger partial charge in [0.2, 0.25) is 0 Å². The average molecular weight is 953 g/mol. The first-order chi connectivity index (χ1) is 32.0. The lowest BCUT2D eigenvalue weighted by atomic mass is 10.2. The molecule has 0 aliphatic rings. The minimum absolute atomic E-state index is 0.377. The number of nitrogens with two attached hydrogens (primary N) is 1. The monoisotopic (exact) mass is 953 g/mol. The van der Waals surface area contributed by atoms with E-state index >= 15 is 0 Å². The van der Waals surface area contributed by atoms with Crippen molar-refractivity contribution >= 4 is 6.09 Å². The van der Waals surface area contributed by atoms with E-state index in [0.29, 0.717) is 251 Å². The molecule has 0 spiro atoms. The third kappa shape index (κ3) is 60.5. The fourth-order valence-electron chi connectivity index (χ4n) is 4.46. The lowest BCUT2D eigenvalue weighted by Gasteiger charge is -2.19. The van der Waals surface area contributed by atoms with Crippen molar-refractivity contribution in [3.8, 4) is 0 Å². The van der Waals surface area contributed by atoms with Crippen LogP contribution in [0.4, 0.5) is 4.79 Å². The van der Waals surface area contributed by atoms with Crippen LogP contribution in [0.15, 0.2) is 0 Å². The van der Waals surface area contributed by atoms with Gasteiger partial charge in [-0.2, -0.15) is 0 Å². The van der Waals surface area contributed by atoms with Crippen molar-refractivity contribution in [2.75, 3.05) is 251 Å². The Hall–Kier alpha value is -1.49. The molecule has 65 heavy (non-hydrogen) atoms. The molecule has 0 unspecified atom stereocenters. The first-order valence-corrected chi connectivity index (χ1v) is 23.0. The van der Waals surface area contributed by atoms with Crippen LogP contribution in [0, 0.1) is 0 Å². The van der Waals surface area contributed by atoms with Gasteiger partial charge in [0.1, 0.15) is 5.60 Å². The van der Waals surface area contributed by atoms with Gasteiger partial charge < -0.3 is 101 Å². The number of nitrogens with one attached hydrogen (secondary N) is 1. The summed E-state index contributed by atoms with van der Waals surface area (Å²) < 4.78 is 103. The second-order valence-corrected chi connectivity index (χ2v) is 14.2. The highest BCUT2D eigenvalue weighted by Gasteiger charge is 2.15. The summed E-state index contributed by atoms with van der Waals surface area (Å²) in [4.78, 5) is 11.5. The molecule has 0 radical (unpaired) electrons. The number of amides is 1. The minimum Gasteiger partial charge on any atom is -0.444 e. The van der Waals surface area contributed by atoms with Crippen LogP contribution in [-0.4, -0.2) is 263 Å². The number of carbonyl (C=O) groups is 1. The molecule has 0 bridgehead atoms. The first-order valence-electron chi connectivity index (χ1n) is 23.0. The molecule has 1 amide bonds. The third-order valence-electron chi connectivity index (χ3n) is 7.50. The first kappa shape index (κ1) is 63.5. The predicted molar refractivity (Wildman–Crippen MR) is 238 cm³/mol. The fraction of sp³-hybridized carbons (Fsp3) is 0.977. The lowest BCUT2D eigenvalue weighted by Crippen LogP contribution is -2.34. The summed E-state index contributed by atoms with van der Waals surface area (Å²) in [6.45, 7) is 24.0. The SMILES string of the molecule is CC(C)(C)OC(=O)NCCOCCOCCOCCOCCOCCOCCOCCOCCOCCOCCOCCOCCOCCOCCOCCOCCOCCOCCN. The van der Waals surface area contributed by atoms with Crippen LogP contribution in [0.3, 0.4) is 0 Å². The number of alkyl carbamates (subject to hydrolysis) is 1. The van der Waals surface area contributed by atoms with Crippen LogP contribution in [0.5, 0.6) is 0 Å². The Labute approximate surface area is 388 Å². The molecular formula is C43H88N2O20. The zero-order valence-corrected chi connectivity index (χ0v) is 40.1. The summed E-state index contributed by atoms with van der Waals surface area (Å²) >= 11 is 0. The van der Waals surface area contributed by atoms with Crippen molar-refractivity contribution in [3.05, 3.63) is 0 Å². The number of carbonyl (C=O) groups excluding carboxylic acids is 1. The topological polar surface area (TPSA) is 230 Å². The molecule has 0 saturated carbocycles. The summed E-state index contributed by atoms with van der Waals surface area (Å²) in [5.41, 5.74) is 4.82. The maximum Gasteiger partial charge on any atom is 0.407 e. The molecule has 0 atom stereocenters. The van der Waals surface area contributed by atoms with Gasteiger partial charge in [-0.15, -0.1) is 0 Å². The van der Waals surface area contributed by atoms with E-state index in [0.717, 1.165) is 0 Å². The molecule has 0 heterocycles. The molecule has 0 aliphatic heterocycles. The summed E-state index contributed by atoms with van der Waals surface area (Å²) in [5, 5.41) is 2.63. The zero-order chi connectivity index (χ0) is 47.1. The Morgan fingerprint density at radius 1 is 0.292 bits per heavy atom. The van der Waals surface area contributed by atoms with Crippen molar-refractivity contribution in [2.45, 2.75) is 26.4 Å². The quantitative estimate of drug-likeness (QED) is 0.0802. The van der Waals surface area contributed by atoms with Crippen LogP contribution in [0.1, 0.15) is 20.8 Å². The Bertz CT molecular complexity index is 914. The van der Waals surface area contributed by atoms with Gasteiger partial charge in [-0.1, -0.05) is 0 Å². The molecule has 22 nitrogen and oxygen atoms in total. The van der Waals surface area contributed by atoms with Gasteiger partial charge >= 0.3 is 6.09 Å². The Balaban J connectivity index is 3.09. The highest BCUT2D eigenvalue weighted by atomic mass is 16.6. The molecule has 0 aliphatic carbocycles. The van der Waals surface area contributed by atoms with E-state index in [2.05, 4.69) is 5.32 Å². The van der Waals surface area contributed by atoms with E-state index in [1.807, 2.05) is 20.8 Å². The smallest absolute Gasteiger partial charge is 0.407 e. The highest BCUT2D eigenvalue weighted by Crippen LogP contribution is 2.06. The van der Waals surface area contributed by atoms with Crippen molar-refractivity contribution in [3.63, 3.8) is 0 Å². The highest BCUT2D eigenvalue weighted by molar-refractivity contribution is 5.67. The summed E-state index contributed by atoms with van der Waals surface area (Å²) in [5.74, 6) is 0. The van der Waals surface area contributed by atoms with Crippen molar-refractivity contribution < 1.29 is 94.8 Å². The van der Waals surface area contributed by atoms with Crippen LogP contribution >= 0.6 is 0 Å². The van der Waals surface area contributed by atoms with E-state index < -0.39 is 11.7 Å². The number of rotatable bonds is 56. The minimum atomic E-state index is -0.518. The van der Waals surface area contributed by atoms with Crippen LogP contribution in [-0.2, 0) is 90.0 Å². The molecular weight excluding hydrogens is 864 g/mol. The van der Waals surface area contributed by atoms with Gasteiger partial charge in [0.15, 0.2) is 0 Å². The van der Waals surface area contributed by atoms with Gasteiger partial charge in [-0.25, -0.2) is 4.79 Å². The normalized spacial score (nSPS) is 11.8. The zero-order valence-electron chi connectivity index (χ0n) is 40.1. The Kier molecular flexibility index (Phi) is 53.8. The summed E-state index contributed by atoms with van der Waals surface area (Å²) in [7, 11) is 0.